The van der Waals surface area contributed by atoms with Gasteiger partial charge in [-0.3, -0.25) is 4.79 Å². The highest BCUT2D eigenvalue weighted by Gasteiger charge is 2.52. The van der Waals surface area contributed by atoms with E-state index in [1.165, 1.54) is 6.07 Å². The summed E-state index contributed by atoms with van der Waals surface area (Å²) in [4.78, 5) is 12.4. The third-order valence-electron chi connectivity index (χ3n) is 5.61. The number of nitrogens with zero attached hydrogens (tertiary/aromatic N) is 1. The summed E-state index contributed by atoms with van der Waals surface area (Å²) in [6.07, 6.45) is 4.18. The standard InChI is InChI=1S/C24H29N2O5/c1-23(2)14-21(24(3,4)26(23)30)25-22(29)15-31-20-12-17(11-19(28)13-20)6-5-16-7-9-18(27)10-8-16/h5-13,21,27-28H,14-15H2,1-4H3,(H,25,29)/b6-5+. The number of benzene rings is 2. The van der Waals surface area contributed by atoms with Crippen LogP contribution in [0.4, 0.5) is 0 Å². The molecule has 3 N–H and O–H groups in total. The highest BCUT2D eigenvalue weighted by atomic mass is 16.5. The van der Waals surface area contributed by atoms with Crippen LogP contribution in [-0.2, 0) is 10.0 Å². The summed E-state index contributed by atoms with van der Waals surface area (Å²) in [6, 6.07) is 11.2. The Morgan fingerprint density at radius 2 is 1.71 bits per heavy atom. The van der Waals surface area contributed by atoms with Crippen molar-refractivity contribution in [3.8, 4) is 17.2 Å². The lowest BCUT2D eigenvalue weighted by atomic mass is 9.94. The first-order valence-corrected chi connectivity index (χ1v) is 10.2. The number of carbonyl (C=O) groups is 1. The quantitative estimate of drug-likeness (QED) is 0.612. The summed E-state index contributed by atoms with van der Waals surface area (Å²) in [5, 5.41) is 35.8. The third kappa shape index (κ3) is 5.37. The maximum absolute atomic E-state index is 12.5. The molecule has 3 rings (SSSR count). The Balaban J connectivity index is 1.61. The van der Waals surface area contributed by atoms with Crippen LogP contribution in [-0.4, -0.2) is 44.9 Å². The summed E-state index contributed by atoms with van der Waals surface area (Å²) < 4.78 is 5.58. The van der Waals surface area contributed by atoms with E-state index in [0.717, 1.165) is 10.6 Å². The van der Waals surface area contributed by atoms with Crippen LogP contribution in [0.3, 0.4) is 0 Å². The van der Waals surface area contributed by atoms with Crippen LogP contribution >= 0.6 is 0 Å². The molecule has 0 bridgehead atoms. The zero-order valence-corrected chi connectivity index (χ0v) is 18.3. The van der Waals surface area contributed by atoms with E-state index < -0.39 is 11.1 Å². The topological polar surface area (TPSA) is 102 Å². The maximum atomic E-state index is 12.5. The second-order valence-electron chi connectivity index (χ2n) is 9.06. The molecule has 31 heavy (non-hydrogen) atoms. The van der Waals surface area contributed by atoms with Crippen LogP contribution in [0.1, 0.15) is 45.2 Å². The monoisotopic (exact) mass is 425 g/mol. The minimum absolute atomic E-state index is 0.0175. The van der Waals surface area contributed by atoms with E-state index in [2.05, 4.69) is 5.32 Å². The van der Waals surface area contributed by atoms with E-state index in [-0.39, 0.29) is 30.1 Å². The van der Waals surface area contributed by atoms with Gasteiger partial charge in [0.2, 0.25) is 0 Å². The van der Waals surface area contributed by atoms with Crippen molar-refractivity contribution in [3.05, 3.63) is 53.6 Å². The van der Waals surface area contributed by atoms with Crippen molar-refractivity contribution in [3.63, 3.8) is 0 Å². The number of phenolic OH excluding ortho intramolecular Hbond substituents is 2. The Hall–Kier alpha value is -3.03. The van der Waals surface area contributed by atoms with Gasteiger partial charge in [0.25, 0.3) is 5.91 Å². The van der Waals surface area contributed by atoms with Crippen molar-refractivity contribution in [1.82, 2.24) is 10.4 Å². The van der Waals surface area contributed by atoms with Gasteiger partial charge in [-0.1, -0.05) is 24.3 Å². The number of hydrogen-bond donors (Lipinski definition) is 3. The summed E-state index contributed by atoms with van der Waals surface area (Å²) in [5.74, 6) is 0.241. The second-order valence-corrected chi connectivity index (χ2v) is 9.06. The number of ether oxygens (including phenoxy) is 1. The van der Waals surface area contributed by atoms with Crippen LogP contribution in [0.5, 0.6) is 17.2 Å². The van der Waals surface area contributed by atoms with Crippen molar-refractivity contribution in [2.24, 2.45) is 0 Å². The van der Waals surface area contributed by atoms with Crippen molar-refractivity contribution in [1.29, 1.82) is 0 Å². The van der Waals surface area contributed by atoms with Crippen LogP contribution in [0, 0.1) is 0 Å². The van der Waals surface area contributed by atoms with Crippen molar-refractivity contribution >= 4 is 18.1 Å². The first kappa shape index (κ1) is 22.7. The fourth-order valence-electron chi connectivity index (χ4n) is 3.93. The third-order valence-corrected chi connectivity index (χ3v) is 5.61. The van der Waals surface area contributed by atoms with E-state index >= 15 is 0 Å². The number of carbonyl (C=O) groups excluding carboxylic acids is 1. The summed E-state index contributed by atoms with van der Waals surface area (Å²) in [6.45, 7) is 7.15. The van der Waals surface area contributed by atoms with Gasteiger partial charge < -0.3 is 20.3 Å². The van der Waals surface area contributed by atoms with Gasteiger partial charge in [-0.15, -0.1) is 10.3 Å². The number of phenols is 2. The fraction of sp³-hybridized carbons (Fsp3) is 0.375. The van der Waals surface area contributed by atoms with Gasteiger partial charge in [0, 0.05) is 11.6 Å². The zero-order chi connectivity index (χ0) is 22.8. The van der Waals surface area contributed by atoms with E-state index in [4.69, 9.17) is 4.74 Å². The normalized spacial score (nSPS) is 20.1. The molecule has 0 saturated carbocycles. The number of hydroxylamine groups is 2. The van der Waals surface area contributed by atoms with Crippen LogP contribution < -0.4 is 10.1 Å². The van der Waals surface area contributed by atoms with E-state index in [9.17, 15) is 20.2 Å². The minimum atomic E-state index is -0.712. The molecule has 1 amide bonds. The molecule has 1 heterocycles. The Labute approximate surface area is 182 Å². The Morgan fingerprint density at radius 3 is 2.32 bits per heavy atom. The van der Waals surface area contributed by atoms with E-state index in [1.54, 1.807) is 42.5 Å². The highest BCUT2D eigenvalue weighted by molar-refractivity contribution is 5.78. The first-order valence-electron chi connectivity index (χ1n) is 10.2. The molecule has 165 valence electrons. The highest BCUT2D eigenvalue weighted by Crippen LogP contribution is 2.39. The van der Waals surface area contributed by atoms with Crippen molar-refractivity contribution < 1.29 is 25.0 Å². The molecule has 1 aliphatic heterocycles. The number of aromatic hydroxyl groups is 2. The van der Waals surface area contributed by atoms with Gasteiger partial charge in [0.15, 0.2) is 6.61 Å². The lowest BCUT2D eigenvalue weighted by molar-refractivity contribution is -0.246. The lowest BCUT2D eigenvalue weighted by Gasteiger charge is -2.33. The molecule has 1 unspecified atom stereocenters. The van der Waals surface area contributed by atoms with Gasteiger partial charge in [-0.05, 0) is 69.5 Å². The van der Waals surface area contributed by atoms with Gasteiger partial charge in [-0.2, -0.15) is 0 Å². The summed E-state index contributed by atoms with van der Waals surface area (Å²) >= 11 is 0. The Kier molecular flexibility index (Phi) is 6.29. The van der Waals surface area contributed by atoms with Gasteiger partial charge >= 0.3 is 0 Å². The van der Waals surface area contributed by atoms with Crippen LogP contribution in [0.25, 0.3) is 12.2 Å². The molecule has 0 aromatic heterocycles. The predicted octanol–water partition coefficient (Wildman–Crippen LogP) is 3.74. The van der Waals surface area contributed by atoms with E-state index in [1.807, 2.05) is 33.8 Å². The minimum Gasteiger partial charge on any atom is -0.508 e. The first-order chi connectivity index (χ1) is 14.5. The zero-order valence-electron chi connectivity index (χ0n) is 18.3. The number of amides is 1. The molecule has 0 aliphatic carbocycles. The Morgan fingerprint density at radius 1 is 1.06 bits per heavy atom. The smallest absolute Gasteiger partial charge is 0.258 e. The molecule has 1 fully saturated rings. The van der Waals surface area contributed by atoms with Crippen LogP contribution in [0.2, 0.25) is 0 Å². The van der Waals surface area contributed by atoms with Gasteiger partial charge in [0.1, 0.15) is 17.2 Å². The summed E-state index contributed by atoms with van der Waals surface area (Å²) in [5.41, 5.74) is 0.324. The molecule has 1 saturated heterocycles. The Bertz CT molecular complexity index is 966. The molecular formula is C24H29N2O5. The van der Waals surface area contributed by atoms with E-state index in [0.29, 0.717) is 17.7 Å². The number of hydrogen-bond acceptors (Lipinski definition) is 5. The van der Waals surface area contributed by atoms with Crippen molar-refractivity contribution in [2.75, 3.05) is 6.61 Å². The fourth-order valence-corrected chi connectivity index (χ4v) is 3.93. The molecule has 2 aromatic carbocycles. The molecule has 1 atom stereocenters. The SMILES string of the molecule is CC1(C)CC(NC(=O)COc2cc(O)cc(/C=C/c3ccc(O)cc3)c2)C(C)(C)N1[O]. The molecule has 0 spiro atoms. The second kappa shape index (κ2) is 8.61. The number of nitrogens with one attached hydrogen (secondary N) is 1. The van der Waals surface area contributed by atoms with Gasteiger partial charge in [0.05, 0.1) is 11.6 Å². The molecule has 1 aliphatic rings. The number of rotatable bonds is 6. The molecule has 1 radical (unpaired) electrons. The van der Waals surface area contributed by atoms with Crippen LogP contribution in [0.15, 0.2) is 42.5 Å². The average molecular weight is 426 g/mol. The largest absolute Gasteiger partial charge is 0.508 e. The lowest BCUT2D eigenvalue weighted by Crippen LogP contribution is -2.53. The molecule has 7 heteroatoms. The maximum Gasteiger partial charge on any atom is 0.258 e. The molecule has 7 nitrogen and oxygen atoms in total. The molecular weight excluding hydrogens is 396 g/mol. The van der Waals surface area contributed by atoms with Crippen molar-refractivity contribution in [2.45, 2.75) is 51.2 Å². The average Bonchev–Trinajstić information content (AvgIpc) is 2.84. The summed E-state index contributed by atoms with van der Waals surface area (Å²) in [7, 11) is 0. The molecule has 2 aromatic rings. The predicted molar refractivity (Wildman–Crippen MR) is 118 cm³/mol. The van der Waals surface area contributed by atoms with Gasteiger partial charge in [-0.25, -0.2) is 0 Å².